The van der Waals surface area contributed by atoms with Gasteiger partial charge in [-0.2, -0.15) is 5.10 Å². The Bertz CT molecular complexity index is 952. The molecule has 6 nitrogen and oxygen atoms in total. The lowest BCUT2D eigenvalue weighted by Crippen LogP contribution is -2.06. The third-order valence-electron chi connectivity index (χ3n) is 4.09. The highest BCUT2D eigenvalue weighted by atomic mass is 19.1. The molecule has 0 fully saturated rings. The van der Waals surface area contributed by atoms with E-state index in [4.69, 9.17) is 0 Å². The number of para-hydroxylation sites is 2. The number of anilines is 1. The van der Waals surface area contributed by atoms with Crippen molar-refractivity contribution in [3.63, 3.8) is 0 Å². The van der Waals surface area contributed by atoms with Crippen LogP contribution in [0, 0.1) is 15.9 Å². The molecule has 120 valence electrons. The number of nitro groups is 1. The second kappa shape index (κ2) is 5.45. The summed E-state index contributed by atoms with van der Waals surface area (Å²) < 4.78 is 15.7. The van der Waals surface area contributed by atoms with Crippen LogP contribution in [0.2, 0.25) is 0 Å². The molecule has 2 aromatic carbocycles. The van der Waals surface area contributed by atoms with Crippen molar-refractivity contribution in [3.8, 4) is 16.9 Å². The highest BCUT2D eigenvalue weighted by Crippen LogP contribution is 2.37. The first-order valence-electron chi connectivity index (χ1n) is 7.51. The summed E-state index contributed by atoms with van der Waals surface area (Å²) in [5, 5.41) is 19.0. The number of aromatic nitrogens is 2. The van der Waals surface area contributed by atoms with E-state index in [-0.39, 0.29) is 11.5 Å². The number of nitro benzene ring substituents is 1. The molecule has 0 radical (unpaired) electrons. The smallest absolute Gasteiger partial charge is 0.294 e. The molecule has 24 heavy (non-hydrogen) atoms. The number of halogens is 1. The molecule has 4 rings (SSSR count). The average molecular weight is 324 g/mol. The van der Waals surface area contributed by atoms with Gasteiger partial charge in [-0.25, -0.2) is 9.07 Å². The third-order valence-corrected chi connectivity index (χ3v) is 4.09. The maximum absolute atomic E-state index is 14.2. The Labute approximate surface area is 136 Å². The number of benzene rings is 2. The van der Waals surface area contributed by atoms with Gasteiger partial charge >= 0.3 is 0 Å². The highest BCUT2D eigenvalue weighted by molar-refractivity contribution is 5.74. The zero-order valence-electron chi connectivity index (χ0n) is 12.6. The molecule has 0 bridgehead atoms. The topological polar surface area (TPSA) is 73.0 Å². The molecule has 0 spiro atoms. The number of hydrogen-bond acceptors (Lipinski definition) is 4. The van der Waals surface area contributed by atoms with Gasteiger partial charge in [0.1, 0.15) is 23.0 Å². The molecule has 0 unspecified atom stereocenters. The summed E-state index contributed by atoms with van der Waals surface area (Å²) in [4.78, 5) is 10.9. The fourth-order valence-corrected chi connectivity index (χ4v) is 3.02. The van der Waals surface area contributed by atoms with Gasteiger partial charge in [-0.1, -0.05) is 24.3 Å². The third kappa shape index (κ3) is 2.13. The number of nitrogens with one attached hydrogen (secondary N) is 1. The van der Waals surface area contributed by atoms with Crippen molar-refractivity contribution in [2.75, 3.05) is 11.9 Å². The van der Waals surface area contributed by atoms with E-state index in [1.54, 1.807) is 36.4 Å². The number of fused-ring (bicyclic) bond motifs is 1. The van der Waals surface area contributed by atoms with E-state index in [1.807, 2.05) is 0 Å². The Morgan fingerprint density at radius 2 is 1.92 bits per heavy atom. The van der Waals surface area contributed by atoms with Gasteiger partial charge in [0, 0.05) is 23.7 Å². The average Bonchev–Trinajstić information content (AvgIpc) is 3.18. The van der Waals surface area contributed by atoms with Crippen molar-refractivity contribution in [1.82, 2.24) is 9.78 Å². The number of rotatable bonds is 3. The van der Waals surface area contributed by atoms with Crippen LogP contribution in [-0.2, 0) is 6.42 Å². The first-order valence-corrected chi connectivity index (χ1v) is 7.51. The van der Waals surface area contributed by atoms with Gasteiger partial charge in [0.2, 0.25) is 0 Å². The highest BCUT2D eigenvalue weighted by Gasteiger charge is 2.27. The van der Waals surface area contributed by atoms with E-state index in [0.717, 1.165) is 5.56 Å². The van der Waals surface area contributed by atoms with Crippen LogP contribution in [0.5, 0.6) is 0 Å². The quantitative estimate of drug-likeness (QED) is 0.590. The molecule has 0 saturated carbocycles. The van der Waals surface area contributed by atoms with E-state index in [9.17, 15) is 14.5 Å². The predicted octanol–water partition coefficient (Wildman–Crippen LogP) is 3.55. The Hall–Kier alpha value is -3.22. The van der Waals surface area contributed by atoms with E-state index in [0.29, 0.717) is 35.7 Å². The molecule has 1 N–H and O–H groups in total. The molecular formula is C17H13FN4O2. The maximum atomic E-state index is 14.2. The minimum absolute atomic E-state index is 0.0448. The zero-order chi connectivity index (χ0) is 16.7. The van der Waals surface area contributed by atoms with Crippen molar-refractivity contribution >= 4 is 11.5 Å². The molecule has 1 aliphatic rings. The lowest BCUT2D eigenvalue weighted by Gasteiger charge is -2.07. The monoisotopic (exact) mass is 324 g/mol. The molecule has 0 aliphatic carbocycles. The summed E-state index contributed by atoms with van der Waals surface area (Å²) >= 11 is 0. The van der Waals surface area contributed by atoms with Crippen LogP contribution in [0.1, 0.15) is 5.56 Å². The molecule has 2 heterocycles. The van der Waals surface area contributed by atoms with Gasteiger partial charge in [-0.3, -0.25) is 10.1 Å². The first-order chi connectivity index (χ1) is 11.7. The summed E-state index contributed by atoms with van der Waals surface area (Å²) in [5.74, 6) is 0.321. The molecule has 1 aromatic heterocycles. The van der Waals surface area contributed by atoms with Crippen LogP contribution in [0.15, 0.2) is 48.5 Å². The van der Waals surface area contributed by atoms with Gasteiger partial charge in [0.25, 0.3) is 5.69 Å². The van der Waals surface area contributed by atoms with Crippen LogP contribution in [0.25, 0.3) is 16.9 Å². The van der Waals surface area contributed by atoms with E-state index < -0.39 is 4.92 Å². The predicted molar refractivity (Wildman–Crippen MR) is 87.8 cm³/mol. The Morgan fingerprint density at radius 3 is 2.71 bits per heavy atom. The van der Waals surface area contributed by atoms with Gasteiger partial charge in [-0.05, 0) is 24.6 Å². The van der Waals surface area contributed by atoms with Crippen LogP contribution in [0.4, 0.5) is 15.9 Å². The molecule has 1 aliphatic heterocycles. The maximum Gasteiger partial charge on any atom is 0.294 e. The Morgan fingerprint density at radius 1 is 1.17 bits per heavy atom. The second-order valence-corrected chi connectivity index (χ2v) is 5.49. The lowest BCUT2D eigenvalue weighted by atomic mass is 10.1. The van der Waals surface area contributed by atoms with Gasteiger partial charge < -0.3 is 5.32 Å². The van der Waals surface area contributed by atoms with E-state index >= 15 is 0 Å². The van der Waals surface area contributed by atoms with Gasteiger partial charge in [-0.15, -0.1) is 0 Å². The van der Waals surface area contributed by atoms with Crippen molar-refractivity contribution < 1.29 is 9.31 Å². The fourth-order valence-electron chi connectivity index (χ4n) is 3.02. The summed E-state index contributed by atoms with van der Waals surface area (Å²) in [7, 11) is 0. The van der Waals surface area contributed by atoms with Crippen LogP contribution < -0.4 is 5.32 Å². The normalized spacial score (nSPS) is 12.7. The van der Waals surface area contributed by atoms with Crippen molar-refractivity contribution in [2.45, 2.75) is 6.42 Å². The molecule has 0 amide bonds. The largest absolute Gasteiger partial charge is 0.369 e. The fraction of sp³-hybridized carbons (Fsp3) is 0.118. The van der Waals surface area contributed by atoms with Crippen LogP contribution in [0.3, 0.4) is 0 Å². The standard InChI is InChI=1S/C17H13FN4O2/c18-13-6-2-1-5-11(13)16-12-9-10-19-17(12)21(20-16)14-7-3-4-8-15(14)22(23)24/h1-8,19H,9-10H2. The number of hydrogen-bond donors (Lipinski definition) is 1. The summed E-state index contributed by atoms with van der Waals surface area (Å²) in [6, 6.07) is 12.8. The SMILES string of the molecule is O=[N+]([O-])c1ccccc1-n1nc(-c2ccccc2F)c2c1NCC2. The minimum Gasteiger partial charge on any atom is -0.369 e. The first kappa shape index (κ1) is 14.4. The second-order valence-electron chi connectivity index (χ2n) is 5.49. The molecular weight excluding hydrogens is 311 g/mol. The molecule has 7 heteroatoms. The lowest BCUT2D eigenvalue weighted by molar-refractivity contribution is -0.384. The Balaban J connectivity index is 1.96. The van der Waals surface area contributed by atoms with Crippen molar-refractivity contribution in [3.05, 3.63) is 70.0 Å². The summed E-state index contributed by atoms with van der Waals surface area (Å²) in [6.45, 7) is 0.690. The van der Waals surface area contributed by atoms with Crippen molar-refractivity contribution in [1.29, 1.82) is 0 Å². The minimum atomic E-state index is -0.443. The number of nitrogens with zero attached hydrogens (tertiary/aromatic N) is 3. The summed E-state index contributed by atoms with van der Waals surface area (Å²) in [5.41, 5.74) is 2.10. The molecule has 0 saturated heterocycles. The van der Waals surface area contributed by atoms with Gasteiger partial charge in [0.05, 0.1) is 4.92 Å². The van der Waals surface area contributed by atoms with E-state index in [2.05, 4.69) is 10.4 Å². The van der Waals surface area contributed by atoms with Crippen LogP contribution >= 0.6 is 0 Å². The molecule has 3 aromatic rings. The molecule has 0 atom stereocenters. The zero-order valence-corrected chi connectivity index (χ0v) is 12.6. The Kier molecular flexibility index (Phi) is 3.26. The summed E-state index contributed by atoms with van der Waals surface area (Å²) in [6.07, 6.45) is 0.694. The van der Waals surface area contributed by atoms with Crippen LogP contribution in [-0.4, -0.2) is 21.2 Å². The van der Waals surface area contributed by atoms with E-state index in [1.165, 1.54) is 16.8 Å². The van der Waals surface area contributed by atoms with Crippen molar-refractivity contribution in [2.24, 2.45) is 0 Å². The van der Waals surface area contributed by atoms with Gasteiger partial charge in [0.15, 0.2) is 0 Å².